The molecule has 160 valence electrons. The molecule has 1 saturated heterocycles. The van der Waals surface area contributed by atoms with E-state index in [2.05, 4.69) is 61.5 Å². The second-order valence-electron chi connectivity index (χ2n) is 8.37. The van der Waals surface area contributed by atoms with Gasteiger partial charge in [0.15, 0.2) is 5.82 Å². The Labute approximate surface area is 189 Å². The highest BCUT2D eigenvalue weighted by molar-refractivity contribution is 9.11. The first-order valence-electron chi connectivity index (χ1n) is 10.6. The molecular weight excluding hydrogens is 464 g/mol. The summed E-state index contributed by atoms with van der Waals surface area (Å²) in [5.41, 5.74) is 1.01. The van der Waals surface area contributed by atoms with E-state index in [9.17, 15) is 0 Å². The van der Waals surface area contributed by atoms with Crippen LogP contribution < -0.4 is 9.80 Å². The number of aryl methyl sites for hydroxylation is 1. The molecule has 0 N–H and O–H groups in total. The number of hydrogen-bond acceptors (Lipinski definition) is 7. The topological polar surface area (TPSA) is 59.3 Å². The zero-order valence-electron chi connectivity index (χ0n) is 17.4. The predicted molar refractivity (Wildman–Crippen MR) is 125 cm³/mol. The van der Waals surface area contributed by atoms with E-state index in [-0.39, 0.29) is 6.10 Å². The van der Waals surface area contributed by atoms with Gasteiger partial charge in [0.1, 0.15) is 5.82 Å². The minimum Gasteiger partial charge on any atom is -0.377 e. The van der Waals surface area contributed by atoms with Gasteiger partial charge >= 0.3 is 0 Å². The van der Waals surface area contributed by atoms with E-state index >= 15 is 0 Å². The van der Waals surface area contributed by atoms with Crippen LogP contribution >= 0.6 is 27.3 Å². The summed E-state index contributed by atoms with van der Waals surface area (Å²) in [7, 11) is 2.16. The minimum absolute atomic E-state index is 0.188. The lowest BCUT2D eigenvalue weighted by molar-refractivity contribution is 0.0820. The molecule has 0 amide bonds. The maximum absolute atomic E-state index is 5.83. The quantitative estimate of drug-likeness (QED) is 0.551. The van der Waals surface area contributed by atoms with Crippen molar-refractivity contribution in [3.05, 3.63) is 28.1 Å². The van der Waals surface area contributed by atoms with Crippen molar-refractivity contribution in [2.24, 2.45) is 5.92 Å². The number of aromatic nitrogens is 4. The van der Waals surface area contributed by atoms with E-state index in [1.165, 1.54) is 12.2 Å². The number of hydrogen-bond donors (Lipinski definition) is 0. The molecule has 9 heteroatoms. The molecule has 1 fully saturated rings. The number of nitrogens with zero attached hydrogens (tertiary/aromatic N) is 6. The summed E-state index contributed by atoms with van der Waals surface area (Å²) in [6.07, 6.45) is 7.38. The maximum Gasteiger partial charge on any atom is 0.228 e. The van der Waals surface area contributed by atoms with Gasteiger partial charge < -0.3 is 19.1 Å². The minimum atomic E-state index is 0.188. The van der Waals surface area contributed by atoms with Gasteiger partial charge in [-0.1, -0.05) is 0 Å². The summed E-state index contributed by atoms with van der Waals surface area (Å²) in [6, 6.07) is 2.11. The van der Waals surface area contributed by atoms with Crippen molar-refractivity contribution in [2.75, 3.05) is 43.1 Å². The molecule has 0 aliphatic carbocycles. The first-order chi connectivity index (χ1) is 14.6. The number of ether oxygens (including phenoxy) is 1. The fraction of sp³-hybridized carbons (Fsp3) is 0.571. The average molecular weight is 491 g/mol. The molecule has 5 rings (SSSR count). The molecule has 2 aliphatic rings. The smallest absolute Gasteiger partial charge is 0.228 e. The molecule has 2 unspecified atom stereocenters. The van der Waals surface area contributed by atoms with Crippen LogP contribution in [0.4, 0.5) is 11.8 Å². The Morgan fingerprint density at radius 3 is 3.13 bits per heavy atom. The number of rotatable bonds is 4. The first kappa shape index (κ1) is 20.2. The van der Waals surface area contributed by atoms with Crippen molar-refractivity contribution in [1.82, 2.24) is 19.5 Å². The molecule has 2 atom stereocenters. The SMILES string of the molecule is CC1CN(c2nc(N(C)CC3CCn4ccnc4C3)c3sc(Br)cc3n2)CCCO1. The molecule has 30 heavy (non-hydrogen) atoms. The van der Waals surface area contributed by atoms with Gasteiger partial charge in [-0.25, -0.2) is 9.97 Å². The van der Waals surface area contributed by atoms with Gasteiger partial charge in [-0.3, -0.25) is 0 Å². The monoisotopic (exact) mass is 490 g/mol. The third kappa shape index (κ3) is 4.07. The maximum atomic E-state index is 5.83. The molecule has 0 radical (unpaired) electrons. The summed E-state index contributed by atoms with van der Waals surface area (Å²) in [4.78, 5) is 19.1. The Bertz CT molecular complexity index is 1040. The summed E-state index contributed by atoms with van der Waals surface area (Å²) in [5.74, 6) is 3.61. The number of halogens is 1. The van der Waals surface area contributed by atoms with Crippen molar-refractivity contribution in [3.63, 3.8) is 0 Å². The van der Waals surface area contributed by atoms with Crippen molar-refractivity contribution < 1.29 is 4.74 Å². The fourth-order valence-electron chi connectivity index (χ4n) is 4.49. The summed E-state index contributed by atoms with van der Waals surface area (Å²) >= 11 is 5.36. The lowest BCUT2D eigenvalue weighted by atomic mass is 9.97. The predicted octanol–water partition coefficient (Wildman–Crippen LogP) is 3.96. The highest BCUT2D eigenvalue weighted by Gasteiger charge is 2.24. The van der Waals surface area contributed by atoms with Crippen LogP contribution in [-0.2, 0) is 17.7 Å². The van der Waals surface area contributed by atoms with Crippen LogP contribution in [-0.4, -0.2) is 58.9 Å². The zero-order valence-corrected chi connectivity index (χ0v) is 19.8. The van der Waals surface area contributed by atoms with Gasteiger partial charge in [-0.05, 0) is 47.7 Å². The number of thiophene rings is 1. The Balaban J connectivity index is 1.43. The van der Waals surface area contributed by atoms with E-state index in [0.717, 1.165) is 71.4 Å². The molecule has 3 aromatic heterocycles. The summed E-state index contributed by atoms with van der Waals surface area (Å²) < 4.78 is 10.3. The van der Waals surface area contributed by atoms with Crippen LogP contribution in [0.1, 0.15) is 25.6 Å². The van der Waals surface area contributed by atoms with Gasteiger partial charge in [-0.2, -0.15) is 4.98 Å². The van der Waals surface area contributed by atoms with E-state index in [1.54, 1.807) is 11.3 Å². The van der Waals surface area contributed by atoms with Crippen molar-refractivity contribution >= 4 is 49.2 Å². The molecular formula is C21H27BrN6OS. The molecule has 3 aromatic rings. The lowest BCUT2D eigenvalue weighted by Gasteiger charge is -2.29. The molecule has 2 aliphatic heterocycles. The van der Waals surface area contributed by atoms with Gasteiger partial charge in [0.25, 0.3) is 0 Å². The van der Waals surface area contributed by atoms with Gasteiger partial charge in [0.05, 0.1) is 20.1 Å². The Hall–Kier alpha value is -1.71. The highest BCUT2D eigenvalue weighted by Crippen LogP contribution is 2.36. The molecule has 0 spiro atoms. The fourth-order valence-corrected chi connectivity index (χ4v) is 6.06. The first-order valence-corrected chi connectivity index (χ1v) is 12.2. The van der Waals surface area contributed by atoms with Gasteiger partial charge in [-0.15, -0.1) is 11.3 Å². The van der Waals surface area contributed by atoms with E-state index in [1.807, 2.05) is 6.20 Å². The van der Waals surface area contributed by atoms with E-state index < -0.39 is 0 Å². The van der Waals surface area contributed by atoms with Crippen LogP contribution in [0.2, 0.25) is 0 Å². The zero-order chi connectivity index (χ0) is 20.7. The molecule has 0 saturated carbocycles. The Kier molecular flexibility index (Phi) is 5.68. The standard InChI is InChI=1S/C21H27BrN6OS/c1-14-12-28(6-3-9-29-14)21-24-16-11-17(22)30-19(16)20(25-21)26(2)13-15-4-7-27-8-5-23-18(27)10-15/h5,8,11,14-15H,3-4,6-7,9-10,12-13H2,1-2H3. The van der Waals surface area contributed by atoms with Crippen LogP contribution in [0.5, 0.6) is 0 Å². The average Bonchev–Trinajstić information content (AvgIpc) is 3.27. The van der Waals surface area contributed by atoms with Crippen molar-refractivity contribution in [1.29, 1.82) is 0 Å². The number of imidazole rings is 1. The van der Waals surface area contributed by atoms with E-state index in [4.69, 9.17) is 14.7 Å². The Morgan fingerprint density at radius 2 is 2.23 bits per heavy atom. The van der Waals surface area contributed by atoms with Gasteiger partial charge in [0, 0.05) is 58.6 Å². The van der Waals surface area contributed by atoms with Crippen LogP contribution in [0.15, 0.2) is 22.2 Å². The number of anilines is 2. The third-order valence-corrected chi connectivity index (χ3v) is 7.61. The normalized spacial score (nSPS) is 22.2. The second kappa shape index (κ2) is 8.43. The van der Waals surface area contributed by atoms with Crippen LogP contribution in [0.25, 0.3) is 10.2 Å². The molecule has 5 heterocycles. The molecule has 0 bridgehead atoms. The van der Waals surface area contributed by atoms with E-state index in [0.29, 0.717) is 5.92 Å². The van der Waals surface area contributed by atoms with Crippen LogP contribution in [0, 0.1) is 5.92 Å². The van der Waals surface area contributed by atoms with Crippen LogP contribution in [0.3, 0.4) is 0 Å². The molecule has 7 nitrogen and oxygen atoms in total. The van der Waals surface area contributed by atoms with Crippen molar-refractivity contribution in [2.45, 2.75) is 38.8 Å². The third-order valence-electron chi connectivity index (χ3n) is 5.99. The summed E-state index contributed by atoms with van der Waals surface area (Å²) in [5, 5.41) is 0. The summed E-state index contributed by atoms with van der Waals surface area (Å²) in [6.45, 7) is 6.69. The highest BCUT2D eigenvalue weighted by atomic mass is 79.9. The second-order valence-corrected chi connectivity index (χ2v) is 10.8. The lowest BCUT2D eigenvalue weighted by Crippen LogP contribution is -2.33. The molecule has 0 aromatic carbocycles. The number of fused-ring (bicyclic) bond motifs is 2. The van der Waals surface area contributed by atoms with Crippen molar-refractivity contribution in [3.8, 4) is 0 Å². The van der Waals surface area contributed by atoms with Gasteiger partial charge in [0.2, 0.25) is 5.95 Å². The Morgan fingerprint density at radius 1 is 1.33 bits per heavy atom. The largest absolute Gasteiger partial charge is 0.377 e.